The van der Waals surface area contributed by atoms with Gasteiger partial charge in [-0.05, 0) is 12.3 Å². The summed E-state index contributed by atoms with van der Waals surface area (Å²) in [6, 6.07) is 0. The van der Waals surface area contributed by atoms with E-state index in [1.807, 2.05) is 0 Å². The SMILES string of the molecule is CCCC(CBr)Cn1nnc2c(cnn2C)c1=O. The Bertz CT molecular complexity index is 591. The van der Waals surface area contributed by atoms with E-state index in [0.717, 1.165) is 18.2 Å². The summed E-state index contributed by atoms with van der Waals surface area (Å²) in [4.78, 5) is 12.2. The first kappa shape index (κ1) is 13.2. The Morgan fingerprint density at radius 2 is 2.28 bits per heavy atom. The van der Waals surface area contributed by atoms with Gasteiger partial charge in [0.15, 0.2) is 5.65 Å². The molecule has 0 spiro atoms. The summed E-state index contributed by atoms with van der Waals surface area (Å²) < 4.78 is 2.99. The van der Waals surface area contributed by atoms with E-state index in [2.05, 4.69) is 38.3 Å². The van der Waals surface area contributed by atoms with Gasteiger partial charge in [-0.2, -0.15) is 5.10 Å². The van der Waals surface area contributed by atoms with Crippen LogP contribution in [0.1, 0.15) is 19.8 Å². The van der Waals surface area contributed by atoms with Crippen molar-refractivity contribution in [1.29, 1.82) is 0 Å². The van der Waals surface area contributed by atoms with Crippen LogP contribution in [-0.4, -0.2) is 30.1 Å². The van der Waals surface area contributed by atoms with Gasteiger partial charge in [0.25, 0.3) is 5.56 Å². The number of aromatic nitrogens is 5. The van der Waals surface area contributed by atoms with Gasteiger partial charge in [0.05, 0.1) is 12.7 Å². The quantitative estimate of drug-likeness (QED) is 0.781. The van der Waals surface area contributed by atoms with Gasteiger partial charge in [0.2, 0.25) is 0 Å². The van der Waals surface area contributed by atoms with Crippen LogP contribution in [0.25, 0.3) is 11.0 Å². The second kappa shape index (κ2) is 5.60. The summed E-state index contributed by atoms with van der Waals surface area (Å²) in [6.07, 6.45) is 3.70. The van der Waals surface area contributed by atoms with Gasteiger partial charge in [0, 0.05) is 12.4 Å². The first-order chi connectivity index (χ1) is 8.67. The van der Waals surface area contributed by atoms with Crippen molar-refractivity contribution in [3.05, 3.63) is 16.6 Å². The van der Waals surface area contributed by atoms with Crippen LogP contribution in [0.2, 0.25) is 0 Å². The number of nitrogens with zero attached hydrogens (tertiary/aromatic N) is 5. The zero-order valence-corrected chi connectivity index (χ0v) is 12.1. The lowest BCUT2D eigenvalue weighted by Gasteiger charge is -2.12. The standard InChI is InChI=1S/C11H16BrN5O/c1-3-4-8(5-12)7-17-11(18)9-6-13-16(2)10(9)14-15-17/h6,8H,3-5,7H2,1-2H3. The lowest BCUT2D eigenvalue weighted by Crippen LogP contribution is -2.28. The van der Waals surface area contributed by atoms with Gasteiger partial charge in [-0.25, -0.2) is 9.36 Å². The number of rotatable bonds is 5. The highest BCUT2D eigenvalue weighted by molar-refractivity contribution is 9.09. The number of aryl methyl sites for hydroxylation is 1. The van der Waals surface area contributed by atoms with Crippen molar-refractivity contribution in [2.24, 2.45) is 13.0 Å². The molecule has 1 unspecified atom stereocenters. The molecule has 0 amide bonds. The molecule has 2 aromatic rings. The molecular weight excluding hydrogens is 298 g/mol. The van der Waals surface area contributed by atoms with Crippen LogP contribution >= 0.6 is 15.9 Å². The van der Waals surface area contributed by atoms with E-state index in [1.54, 1.807) is 17.9 Å². The topological polar surface area (TPSA) is 65.6 Å². The zero-order chi connectivity index (χ0) is 13.1. The average molecular weight is 314 g/mol. The molecule has 0 aromatic carbocycles. The normalized spacial score (nSPS) is 13.1. The lowest BCUT2D eigenvalue weighted by molar-refractivity contribution is 0.406. The van der Waals surface area contributed by atoms with Gasteiger partial charge in [-0.3, -0.25) is 4.79 Å². The molecule has 0 aliphatic heterocycles. The molecular formula is C11H16BrN5O. The van der Waals surface area contributed by atoms with Crippen molar-refractivity contribution in [1.82, 2.24) is 24.8 Å². The lowest BCUT2D eigenvalue weighted by atomic mass is 10.1. The van der Waals surface area contributed by atoms with Gasteiger partial charge in [0.1, 0.15) is 5.39 Å². The molecule has 7 heteroatoms. The largest absolute Gasteiger partial charge is 0.280 e. The number of hydrogen-bond acceptors (Lipinski definition) is 4. The van der Waals surface area contributed by atoms with Crippen LogP contribution in [0.15, 0.2) is 11.0 Å². The van der Waals surface area contributed by atoms with Crippen molar-refractivity contribution in [3.8, 4) is 0 Å². The minimum absolute atomic E-state index is 0.116. The summed E-state index contributed by atoms with van der Waals surface area (Å²) in [5.74, 6) is 0.399. The maximum absolute atomic E-state index is 12.2. The number of hydrogen-bond donors (Lipinski definition) is 0. The van der Waals surface area contributed by atoms with E-state index in [4.69, 9.17) is 0 Å². The van der Waals surface area contributed by atoms with Crippen molar-refractivity contribution < 1.29 is 0 Å². The Hall–Kier alpha value is -1.24. The fraction of sp³-hybridized carbons (Fsp3) is 0.636. The molecule has 2 aromatic heterocycles. The Balaban J connectivity index is 2.34. The van der Waals surface area contributed by atoms with E-state index in [9.17, 15) is 4.79 Å². The van der Waals surface area contributed by atoms with Gasteiger partial charge < -0.3 is 0 Å². The van der Waals surface area contributed by atoms with Crippen molar-refractivity contribution >= 4 is 27.0 Å². The van der Waals surface area contributed by atoms with E-state index >= 15 is 0 Å². The van der Waals surface area contributed by atoms with Crippen LogP contribution in [-0.2, 0) is 13.6 Å². The third kappa shape index (κ3) is 2.45. The number of fused-ring (bicyclic) bond motifs is 1. The zero-order valence-electron chi connectivity index (χ0n) is 10.5. The average Bonchev–Trinajstić information content (AvgIpc) is 2.74. The molecule has 1 atom stereocenters. The van der Waals surface area contributed by atoms with Gasteiger partial charge in [-0.1, -0.05) is 34.5 Å². The van der Waals surface area contributed by atoms with Crippen molar-refractivity contribution in [2.75, 3.05) is 5.33 Å². The van der Waals surface area contributed by atoms with Crippen LogP contribution in [0.3, 0.4) is 0 Å². The van der Waals surface area contributed by atoms with E-state index in [-0.39, 0.29) is 5.56 Å². The molecule has 6 nitrogen and oxygen atoms in total. The third-order valence-corrected chi connectivity index (χ3v) is 3.88. The molecule has 0 N–H and O–H groups in total. The molecule has 2 heterocycles. The van der Waals surface area contributed by atoms with Crippen LogP contribution in [0.4, 0.5) is 0 Å². The predicted octanol–water partition coefficient (Wildman–Crippen LogP) is 1.34. The predicted molar refractivity (Wildman–Crippen MR) is 72.8 cm³/mol. The molecule has 0 aliphatic rings. The highest BCUT2D eigenvalue weighted by atomic mass is 79.9. The maximum atomic E-state index is 12.2. The minimum atomic E-state index is -0.116. The Labute approximate surface area is 113 Å². The Morgan fingerprint density at radius 3 is 2.94 bits per heavy atom. The highest BCUT2D eigenvalue weighted by Gasteiger charge is 2.13. The first-order valence-corrected chi connectivity index (χ1v) is 7.11. The molecule has 0 saturated heterocycles. The fourth-order valence-corrected chi connectivity index (χ4v) is 2.49. The van der Waals surface area contributed by atoms with Gasteiger partial charge in [-0.15, -0.1) is 5.10 Å². The highest BCUT2D eigenvalue weighted by Crippen LogP contribution is 2.11. The Morgan fingerprint density at radius 1 is 1.50 bits per heavy atom. The van der Waals surface area contributed by atoms with E-state index in [1.165, 1.54) is 4.68 Å². The second-order valence-corrected chi connectivity index (χ2v) is 5.04. The maximum Gasteiger partial charge on any atom is 0.280 e. The molecule has 2 rings (SSSR count). The van der Waals surface area contributed by atoms with Crippen molar-refractivity contribution in [2.45, 2.75) is 26.3 Å². The molecule has 18 heavy (non-hydrogen) atoms. The number of halogens is 1. The summed E-state index contributed by atoms with van der Waals surface area (Å²) in [6.45, 7) is 2.73. The van der Waals surface area contributed by atoms with Crippen LogP contribution in [0.5, 0.6) is 0 Å². The molecule has 0 aliphatic carbocycles. The summed E-state index contributed by atoms with van der Waals surface area (Å²) in [5, 5.41) is 13.4. The summed E-state index contributed by atoms with van der Waals surface area (Å²) >= 11 is 3.47. The summed E-state index contributed by atoms with van der Waals surface area (Å²) in [5.41, 5.74) is 0.414. The van der Waals surface area contributed by atoms with E-state index in [0.29, 0.717) is 23.5 Å². The fourth-order valence-electron chi connectivity index (χ4n) is 1.97. The van der Waals surface area contributed by atoms with Crippen LogP contribution in [0, 0.1) is 5.92 Å². The summed E-state index contributed by atoms with van der Waals surface area (Å²) in [7, 11) is 1.75. The van der Waals surface area contributed by atoms with E-state index < -0.39 is 0 Å². The molecule has 98 valence electrons. The molecule has 0 saturated carbocycles. The van der Waals surface area contributed by atoms with Crippen molar-refractivity contribution in [3.63, 3.8) is 0 Å². The van der Waals surface area contributed by atoms with Crippen LogP contribution < -0.4 is 5.56 Å². The molecule has 0 fully saturated rings. The monoisotopic (exact) mass is 313 g/mol. The first-order valence-electron chi connectivity index (χ1n) is 5.98. The second-order valence-electron chi connectivity index (χ2n) is 4.39. The Kier molecular flexibility index (Phi) is 4.11. The number of alkyl halides is 1. The minimum Gasteiger partial charge on any atom is -0.267 e. The molecule has 0 bridgehead atoms. The van der Waals surface area contributed by atoms with Gasteiger partial charge >= 0.3 is 0 Å². The third-order valence-electron chi connectivity index (χ3n) is 2.97. The molecule has 0 radical (unpaired) electrons. The smallest absolute Gasteiger partial charge is 0.267 e.